The van der Waals surface area contributed by atoms with E-state index in [4.69, 9.17) is 0 Å². The van der Waals surface area contributed by atoms with Crippen LogP contribution in [0.5, 0.6) is 0 Å². The van der Waals surface area contributed by atoms with Crippen molar-refractivity contribution in [3.63, 3.8) is 0 Å². The highest BCUT2D eigenvalue weighted by atomic mass is 16.1. The quantitative estimate of drug-likeness (QED) is 0.678. The fourth-order valence-electron chi connectivity index (χ4n) is 4.08. The summed E-state index contributed by atoms with van der Waals surface area (Å²) >= 11 is 0. The molecule has 2 aliphatic rings. The maximum atomic E-state index is 11.1. The van der Waals surface area contributed by atoms with Crippen molar-refractivity contribution >= 4 is 6.29 Å². The Balaban J connectivity index is 2.35. The first kappa shape index (κ1) is 10.1. The van der Waals surface area contributed by atoms with Crippen molar-refractivity contribution in [1.82, 2.24) is 9.78 Å². The van der Waals surface area contributed by atoms with E-state index in [1.54, 1.807) is 0 Å². The van der Waals surface area contributed by atoms with Crippen molar-refractivity contribution in [2.24, 2.45) is 12.5 Å². The van der Waals surface area contributed by atoms with Crippen molar-refractivity contribution in [2.75, 3.05) is 0 Å². The number of nitrogens with zero attached hydrogens (tertiary/aromatic N) is 2. The molecule has 1 saturated carbocycles. The summed E-state index contributed by atoms with van der Waals surface area (Å²) in [5.41, 5.74) is 3.65. The molecule has 1 aromatic rings. The van der Waals surface area contributed by atoms with Gasteiger partial charge in [0.05, 0.1) is 0 Å². The van der Waals surface area contributed by atoms with E-state index in [-0.39, 0.29) is 10.8 Å². The number of aryl methyl sites for hydroxylation is 1. The zero-order valence-electron chi connectivity index (χ0n) is 10.4. The van der Waals surface area contributed by atoms with Gasteiger partial charge in [-0.1, -0.05) is 20.8 Å². The van der Waals surface area contributed by atoms with E-state index in [9.17, 15) is 4.79 Å². The molecule has 1 fully saturated rings. The molecule has 0 radical (unpaired) electrons. The predicted octanol–water partition coefficient (Wildman–Crippen LogP) is 2.41. The van der Waals surface area contributed by atoms with Gasteiger partial charge >= 0.3 is 0 Å². The Labute approximate surface area is 95.8 Å². The van der Waals surface area contributed by atoms with Crippen LogP contribution in [0, 0.1) is 5.41 Å². The number of hydrogen-bond acceptors (Lipinski definition) is 2. The molecule has 2 bridgehead atoms. The number of carbonyl (C=O) groups is 1. The summed E-state index contributed by atoms with van der Waals surface area (Å²) in [6, 6.07) is 0. The van der Waals surface area contributed by atoms with Gasteiger partial charge < -0.3 is 0 Å². The number of aromatic nitrogens is 2. The Morgan fingerprint density at radius 3 is 2.75 bits per heavy atom. The summed E-state index contributed by atoms with van der Waals surface area (Å²) in [6.07, 6.45) is 3.33. The molecule has 0 spiro atoms. The maximum Gasteiger partial charge on any atom is 0.170 e. The van der Waals surface area contributed by atoms with Crippen LogP contribution in [0.25, 0.3) is 0 Å². The molecule has 16 heavy (non-hydrogen) atoms. The molecule has 86 valence electrons. The summed E-state index contributed by atoms with van der Waals surface area (Å²) in [4.78, 5) is 11.1. The van der Waals surface area contributed by atoms with Gasteiger partial charge in [-0.3, -0.25) is 9.48 Å². The number of fused-ring (bicyclic) bond motifs is 5. The monoisotopic (exact) mass is 218 g/mol. The summed E-state index contributed by atoms with van der Waals surface area (Å²) in [5.74, 6) is 0.515. The molecular weight excluding hydrogens is 200 g/mol. The minimum Gasteiger partial charge on any atom is -0.296 e. The van der Waals surface area contributed by atoms with Gasteiger partial charge in [0, 0.05) is 23.7 Å². The van der Waals surface area contributed by atoms with Gasteiger partial charge in [-0.25, -0.2) is 0 Å². The minimum absolute atomic E-state index is 0.190. The van der Waals surface area contributed by atoms with Gasteiger partial charge in [-0.2, -0.15) is 5.10 Å². The average Bonchev–Trinajstić information content (AvgIpc) is 2.72. The molecule has 0 saturated heterocycles. The standard InChI is InChI=1S/C13H18N2O/c1-12(2)8-5-6-13(12,3)11-10(8)9(7-16)14-15(11)4/h7-8H,5-6H2,1-4H3. The van der Waals surface area contributed by atoms with Crippen LogP contribution >= 0.6 is 0 Å². The summed E-state index contributed by atoms with van der Waals surface area (Å²) in [5, 5.41) is 4.35. The first-order chi connectivity index (χ1) is 7.43. The topological polar surface area (TPSA) is 34.9 Å². The highest BCUT2D eigenvalue weighted by molar-refractivity contribution is 5.77. The van der Waals surface area contributed by atoms with Crippen LogP contribution < -0.4 is 0 Å². The first-order valence-electron chi connectivity index (χ1n) is 5.96. The third-order valence-corrected chi connectivity index (χ3v) is 5.32. The van der Waals surface area contributed by atoms with Crippen LogP contribution in [0.3, 0.4) is 0 Å². The summed E-state index contributed by atoms with van der Waals surface area (Å²) in [7, 11) is 1.97. The summed E-state index contributed by atoms with van der Waals surface area (Å²) < 4.78 is 1.93. The van der Waals surface area contributed by atoms with Crippen LogP contribution in [0.4, 0.5) is 0 Å². The zero-order chi connectivity index (χ0) is 11.7. The average molecular weight is 218 g/mol. The first-order valence-corrected chi connectivity index (χ1v) is 5.96. The van der Waals surface area contributed by atoms with Gasteiger partial charge in [0.1, 0.15) is 5.69 Å². The minimum atomic E-state index is 0.190. The number of hydrogen-bond donors (Lipinski definition) is 0. The third kappa shape index (κ3) is 0.793. The van der Waals surface area contributed by atoms with Crippen LogP contribution in [0.15, 0.2) is 0 Å². The van der Waals surface area contributed by atoms with Crippen molar-refractivity contribution in [3.8, 4) is 0 Å². The van der Waals surface area contributed by atoms with Crippen molar-refractivity contribution < 1.29 is 4.79 Å². The van der Waals surface area contributed by atoms with Gasteiger partial charge in [0.15, 0.2) is 6.29 Å². The number of aldehydes is 1. The Hall–Kier alpha value is -1.12. The second-order valence-electron chi connectivity index (χ2n) is 6.03. The predicted molar refractivity (Wildman–Crippen MR) is 61.7 cm³/mol. The Morgan fingerprint density at radius 1 is 1.44 bits per heavy atom. The van der Waals surface area contributed by atoms with Crippen LogP contribution in [-0.4, -0.2) is 16.1 Å². The molecule has 0 N–H and O–H groups in total. The molecule has 0 aromatic carbocycles. The lowest BCUT2D eigenvalue weighted by molar-refractivity contribution is 0.111. The molecule has 3 heteroatoms. The number of rotatable bonds is 1. The maximum absolute atomic E-state index is 11.1. The normalized spacial score (nSPS) is 34.1. The summed E-state index contributed by atoms with van der Waals surface area (Å²) in [6.45, 7) is 6.99. The third-order valence-electron chi connectivity index (χ3n) is 5.32. The second kappa shape index (κ2) is 2.58. The van der Waals surface area contributed by atoms with E-state index >= 15 is 0 Å². The van der Waals surface area contributed by atoms with E-state index in [2.05, 4.69) is 25.9 Å². The lowest BCUT2D eigenvalue weighted by Gasteiger charge is -2.35. The molecular formula is C13H18N2O. The largest absolute Gasteiger partial charge is 0.296 e. The van der Waals surface area contributed by atoms with Crippen molar-refractivity contribution in [3.05, 3.63) is 17.0 Å². The molecule has 0 amide bonds. The highest BCUT2D eigenvalue weighted by Crippen LogP contribution is 2.67. The lowest BCUT2D eigenvalue weighted by atomic mass is 9.70. The Morgan fingerprint density at radius 2 is 2.12 bits per heavy atom. The SMILES string of the molecule is Cn1nc(C=O)c2c1C1(C)CCC2C1(C)C. The molecule has 1 aromatic heterocycles. The van der Waals surface area contributed by atoms with Crippen LogP contribution in [0.1, 0.15) is 61.3 Å². The van der Waals surface area contributed by atoms with Crippen molar-refractivity contribution in [2.45, 2.75) is 44.9 Å². The van der Waals surface area contributed by atoms with E-state index in [0.29, 0.717) is 11.6 Å². The molecule has 2 aliphatic carbocycles. The molecule has 3 rings (SSSR count). The highest BCUT2D eigenvalue weighted by Gasteiger charge is 2.62. The van der Waals surface area contributed by atoms with Gasteiger partial charge in [-0.05, 0) is 24.2 Å². The smallest absolute Gasteiger partial charge is 0.170 e. The van der Waals surface area contributed by atoms with Crippen LogP contribution in [0.2, 0.25) is 0 Å². The van der Waals surface area contributed by atoms with Gasteiger partial charge in [-0.15, -0.1) is 0 Å². The van der Waals surface area contributed by atoms with Crippen LogP contribution in [-0.2, 0) is 12.5 Å². The van der Waals surface area contributed by atoms with E-state index in [0.717, 1.165) is 6.29 Å². The second-order valence-corrected chi connectivity index (χ2v) is 6.03. The van der Waals surface area contributed by atoms with Gasteiger partial charge in [0.2, 0.25) is 0 Å². The zero-order valence-corrected chi connectivity index (χ0v) is 10.4. The molecule has 2 unspecified atom stereocenters. The van der Waals surface area contributed by atoms with E-state index in [1.807, 2.05) is 11.7 Å². The fourth-order valence-corrected chi connectivity index (χ4v) is 4.08. The molecule has 2 atom stereocenters. The van der Waals surface area contributed by atoms with Crippen molar-refractivity contribution in [1.29, 1.82) is 0 Å². The molecule has 1 heterocycles. The Bertz CT molecular complexity index is 486. The van der Waals surface area contributed by atoms with E-state index < -0.39 is 0 Å². The Kier molecular flexibility index (Phi) is 1.62. The van der Waals surface area contributed by atoms with Gasteiger partial charge in [0.25, 0.3) is 0 Å². The van der Waals surface area contributed by atoms with E-state index in [1.165, 1.54) is 24.1 Å². The number of carbonyl (C=O) groups excluding carboxylic acids is 1. The molecule has 0 aliphatic heterocycles. The lowest BCUT2D eigenvalue weighted by Crippen LogP contribution is -2.33. The molecule has 3 nitrogen and oxygen atoms in total. The fraction of sp³-hybridized carbons (Fsp3) is 0.692.